The van der Waals surface area contributed by atoms with E-state index in [0.29, 0.717) is 22.3 Å². The minimum absolute atomic E-state index is 0.00138. The largest absolute Gasteiger partial charge is 0.493 e. The first-order valence-corrected chi connectivity index (χ1v) is 24.6. The molecule has 2 saturated heterocycles. The second-order valence-corrected chi connectivity index (χ2v) is 23.5. The number of hydrogen-bond donors (Lipinski definition) is 2. The van der Waals surface area contributed by atoms with E-state index in [4.69, 9.17) is 37.9 Å². The summed E-state index contributed by atoms with van der Waals surface area (Å²) in [6, 6.07) is 10.4. The highest BCUT2D eigenvalue weighted by Gasteiger charge is 2.40. The molecule has 2 fully saturated rings. The number of benzene rings is 4. The number of esters is 2. The summed E-state index contributed by atoms with van der Waals surface area (Å²) in [7, 11) is 2.79. The number of ether oxygens (including phenoxy) is 8. The third-order valence-corrected chi connectivity index (χ3v) is 13.8. The molecule has 0 spiro atoms. The van der Waals surface area contributed by atoms with Gasteiger partial charge in [0.2, 0.25) is 25.1 Å². The molecule has 0 atom stereocenters. The highest BCUT2D eigenvalue weighted by atomic mass is 32.2. The summed E-state index contributed by atoms with van der Waals surface area (Å²) >= 11 is 1.46. The van der Waals surface area contributed by atoms with Crippen LogP contribution in [0.4, 0.5) is 9.59 Å². The van der Waals surface area contributed by atoms with Crippen LogP contribution in [0.25, 0.3) is 23.3 Å². The number of rotatable bonds is 9. The molecular weight excluding hydrogens is 965 g/mol. The topological polar surface area (TPSA) is 200 Å². The molecule has 0 bridgehead atoms. The molecule has 4 aromatic rings. The molecule has 2 N–H and O–H groups in total. The molecule has 4 heterocycles. The maximum Gasteiger partial charge on any atom is 0.344 e. The second-order valence-electron chi connectivity index (χ2n) is 21.5. The molecule has 18 heteroatoms. The monoisotopic (exact) mass is 1020 g/mol. The van der Waals surface area contributed by atoms with Crippen molar-refractivity contribution in [3.63, 3.8) is 0 Å². The minimum atomic E-state index is -0.943. The van der Waals surface area contributed by atoms with Gasteiger partial charge in [0.25, 0.3) is 22.3 Å². The van der Waals surface area contributed by atoms with Crippen LogP contribution in [0.5, 0.6) is 46.0 Å². The van der Waals surface area contributed by atoms with Gasteiger partial charge >= 0.3 is 11.9 Å². The van der Waals surface area contributed by atoms with Gasteiger partial charge in [-0.3, -0.25) is 29.8 Å². The van der Waals surface area contributed by atoms with Gasteiger partial charge in [-0.15, -0.1) is 0 Å². The highest BCUT2D eigenvalue weighted by Crippen LogP contribution is 2.57. The highest BCUT2D eigenvalue weighted by molar-refractivity contribution is 8.18. The number of thioether (sulfide) groups is 2. The third-order valence-electron chi connectivity index (χ3n) is 12.2. The molecule has 4 aliphatic heterocycles. The fourth-order valence-corrected chi connectivity index (χ4v) is 9.69. The summed E-state index contributed by atoms with van der Waals surface area (Å²) < 4.78 is 48.9. The molecule has 0 saturated carbocycles. The number of carbonyl (C=O) groups excluding carboxylic acids is 6. The molecule has 0 radical (unpaired) electrons. The Morgan fingerprint density at radius 1 is 0.514 bits per heavy atom. The van der Waals surface area contributed by atoms with Crippen LogP contribution >= 0.6 is 23.5 Å². The van der Waals surface area contributed by atoms with E-state index in [1.807, 2.05) is 107 Å². The van der Waals surface area contributed by atoms with E-state index >= 15 is 9.59 Å². The van der Waals surface area contributed by atoms with Crippen molar-refractivity contribution in [2.75, 3.05) is 27.8 Å². The summed E-state index contributed by atoms with van der Waals surface area (Å²) in [6.45, 7) is 23.3. The van der Waals surface area contributed by atoms with Crippen LogP contribution < -0.4 is 48.5 Å². The van der Waals surface area contributed by atoms with E-state index in [1.165, 1.54) is 38.5 Å². The van der Waals surface area contributed by atoms with E-state index in [0.717, 1.165) is 34.7 Å². The van der Waals surface area contributed by atoms with Crippen molar-refractivity contribution in [2.45, 2.75) is 105 Å². The Morgan fingerprint density at radius 2 is 0.861 bits per heavy atom. The van der Waals surface area contributed by atoms with Crippen LogP contribution in [0.3, 0.4) is 0 Å². The van der Waals surface area contributed by atoms with E-state index in [1.54, 1.807) is 0 Å². The lowest BCUT2D eigenvalue weighted by Gasteiger charge is -2.29. The van der Waals surface area contributed by atoms with Crippen LogP contribution in [0, 0.1) is 0 Å². The van der Waals surface area contributed by atoms with Crippen molar-refractivity contribution in [3.05, 3.63) is 90.7 Å². The Hall–Kier alpha value is -6.92. The lowest BCUT2D eigenvalue weighted by molar-refractivity contribution is -0.116. The van der Waals surface area contributed by atoms with Gasteiger partial charge in [0.1, 0.15) is 11.5 Å². The summed E-state index contributed by atoms with van der Waals surface area (Å²) in [5.74, 6) is -2.45. The van der Waals surface area contributed by atoms with E-state index < -0.39 is 55.9 Å². The maximum atomic E-state index is 15.5. The molecule has 0 aromatic heterocycles. The molecule has 4 aromatic carbocycles. The van der Waals surface area contributed by atoms with Crippen molar-refractivity contribution < 1.29 is 66.7 Å². The summed E-state index contributed by atoms with van der Waals surface area (Å²) in [6.07, 6.45) is 3.04. The summed E-state index contributed by atoms with van der Waals surface area (Å²) in [5, 5.41) is 3.50. The van der Waals surface area contributed by atoms with Gasteiger partial charge in [-0.1, -0.05) is 95.2 Å². The predicted octanol–water partition coefficient (Wildman–Crippen LogP) is 11.1. The zero-order valence-corrected chi connectivity index (χ0v) is 44.2. The third kappa shape index (κ3) is 9.85. The number of amides is 4. The zero-order valence-electron chi connectivity index (χ0n) is 42.6. The van der Waals surface area contributed by atoms with Gasteiger partial charge in [0, 0.05) is 33.4 Å². The van der Waals surface area contributed by atoms with Crippen molar-refractivity contribution in [2.24, 2.45) is 0 Å². The first-order valence-electron chi connectivity index (χ1n) is 22.9. The van der Waals surface area contributed by atoms with Crippen molar-refractivity contribution in [3.8, 4) is 57.1 Å². The number of fused-ring (bicyclic) bond motifs is 2. The molecule has 378 valence electrons. The lowest BCUT2D eigenvalue weighted by Crippen LogP contribution is -2.22. The lowest BCUT2D eigenvalue weighted by atomic mass is 9.78. The molecule has 0 unspecified atom stereocenters. The molecule has 8 rings (SSSR count). The standard InChI is InChI=1S/C54H56N2O14S2/c1-51(2,3)27-15-25(17-35-45(57)55-49(61)71-35)39(31(19-27)53(7,8)9)69-47(59)29-21-33(63-13)41-43(67-23-65-41)37(29)38-30(22-34(64-14)42-44(38)68-24-66-42)48(60)70-40-26(18-36-46(58)56-50(62)72-36)16-28(52(4,5)6)20-32(40)54(10,11)12/h15-22H,23-24H2,1-14H3,(H,55,57,61)(H,56,58,62)/b35-17-,36-18-. The molecular formula is C54H56N2O14S2. The Morgan fingerprint density at radius 3 is 1.15 bits per heavy atom. The average Bonchev–Trinajstić information content (AvgIpc) is 4.09. The van der Waals surface area contributed by atoms with Crippen LogP contribution in [0.1, 0.15) is 137 Å². The van der Waals surface area contributed by atoms with E-state index in [9.17, 15) is 19.2 Å². The maximum absolute atomic E-state index is 15.5. The Labute approximate surface area is 425 Å². The quantitative estimate of drug-likeness (QED) is 0.0910. The van der Waals surface area contributed by atoms with Gasteiger partial charge in [-0.25, -0.2) is 9.59 Å². The Balaban J connectivity index is 1.38. The van der Waals surface area contributed by atoms with Gasteiger partial charge in [-0.2, -0.15) is 0 Å². The average molecular weight is 1020 g/mol. The predicted molar refractivity (Wildman–Crippen MR) is 273 cm³/mol. The first kappa shape index (κ1) is 51.4. The number of methoxy groups -OCH3 is 2. The molecule has 16 nitrogen and oxygen atoms in total. The fourth-order valence-electron chi connectivity index (χ4n) is 8.34. The summed E-state index contributed by atoms with van der Waals surface area (Å²) in [5.41, 5.74) is 1.20. The Kier molecular flexibility index (Phi) is 13.3. The van der Waals surface area contributed by atoms with Crippen LogP contribution in [0.2, 0.25) is 0 Å². The Bertz CT molecular complexity index is 2900. The van der Waals surface area contributed by atoms with Crippen LogP contribution in [-0.4, -0.2) is 62.0 Å². The normalized spacial score (nSPS) is 16.6. The molecule has 72 heavy (non-hydrogen) atoms. The fraction of sp³-hybridized carbons (Fsp3) is 0.370. The van der Waals surface area contributed by atoms with Crippen molar-refractivity contribution in [1.82, 2.24) is 10.6 Å². The number of nitrogens with one attached hydrogen (secondary N) is 2. The minimum Gasteiger partial charge on any atom is -0.493 e. The van der Waals surface area contributed by atoms with Crippen LogP contribution in [0.15, 0.2) is 46.2 Å². The van der Waals surface area contributed by atoms with E-state index in [2.05, 4.69) is 10.6 Å². The molecule has 4 amide bonds. The smallest absolute Gasteiger partial charge is 0.344 e. The number of imide groups is 2. The first-order chi connectivity index (χ1) is 33.6. The van der Waals surface area contributed by atoms with E-state index in [-0.39, 0.29) is 91.6 Å². The second kappa shape index (κ2) is 18.6. The van der Waals surface area contributed by atoms with Gasteiger partial charge in [0.05, 0.1) is 35.2 Å². The van der Waals surface area contributed by atoms with Gasteiger partial charge in [-0.05, 0) is 92.7 Å². The number of carbonyl (C=O) groups is 6. The van der Waals surface area contributed by atoms with Gasteiger partial charge in [0.15, 0.2) is 23.0 Å². The molecule has 4 aliphatic rings. The number of hydrogen-bond acceptors (Lipinski definition) is 16. The summed E-state index contributed by atoms with van der Waals surface area (Å²) in [4.78, 5) is 81.9. The van der Waals surface area contributed by atoms with Gasteiger partial charge < -0.3 is 37.9 Å². The van der Waals surface area contributed by atoms with Crippen molar-refractivity contribution in [1.29, 1.82) is 0 Å². The van der Waals surface area contributed by atoms with Crippen LogP contribution in [-0.2, 0) is 31.2 Å². The molecule has 0 aliphatic carbocycles. The zero-order chi connectivity index (χ0) is 52.6. The SMILES string of the molecule is COc1cc(C(=O)Oc2c(/C=C3\SC(=O)NC3=O)cc(C(C)(C)C)cc2C(C)(C)C)c(-c2c(C(=O)Oc3c(/C=C4\SC(=O)NC4=O)cc(C(C)(C)C)cc3C(C)(C)C)cc(OC)c3c2OCO3)c2c1OCO2. The van der Waals surface area contributed by atoms with Crippen molar-refractivity contribution >= 4 is 69.9 Å².